The van der Waals surface area contributed by atoms with Gasteiger partial charge in [-0.05, 0) is 42.0 Å². The number of para-hydroxylation sites is 5. The Morgan fingerprint density at radius 2 is 0.947 bits per heavy atom. The molecule has 11 aromatic rings. The highest BCUT2D eigenvalue weighted by molar-refractivity contribution is 6.16. The fraction of sp³-hybridized carbons (Fsp3) is 0.0392. The SMILES string of the molecule is c1ccc(C2=NC(c3ccc4c(oc5c(-n6c7ccccc7c7ccccc76)cccc54)c3-n3c4ccccc4c4ccccc43)NC(c3ccccc3)N2)cc1. The summed E-state index contributed by atoms with van der Waals surface area (Å²) in [5, 5.41) is 14.5. The van der Waals surface area contributed by atoms with Gasteiger partial charge in [-0.1, -0.05) is 152 Å². The molecule has 1 aliphatic heterocycles. The molecule has 6 heteroatoms. The molecule has 0 saturated heterocycles. The molecule has 6 nitrogen and oxygen atoms in total. The third-order valence-electron chi connectivity index (χ3n) is 11.6. The molecule has 57 heavy (non-hydrogen) atoms. The largest absolute Gasteiger partial charge is 0.452 e. The monoisotopic (exact) mass is 733 g/mol. The predicted molar refractivity (Wildman–Crippen MR) is 234 cm³/mol. The van der Waals surface area contributed by atoms with E-state index in [-0.39, 0.29) is 6.17 Å². The molecule has 12 rings (SSSR count). The van der Waals surface area contributed by atoms with Crippen molar-refractivity contribution >= 4 is 71.4 Å². The first-order chi connectivity index (χ1) is 28.3. The van der Waals surface area contributed by atoms with Gasteiger partial charge in [0.2, 0.25) is 0 Å². The van der Waals surface area contributed by atoms with Crippen LogP contribution < -0.4 is 10.6 Å². The molecule has 0 saturated carbocycles. The molecule has 1 aliphatic rings. The maximum absolute atomic E-state index is 7.38. The van der Waals surface area contributed by atoms with Crippen LogP contribution in [0.3, 0.4) is 0 Å². The van der Waals surface area contributed by atoms with E-state index in [0.29, 0.717) is 0 Å². The molecule has 0 aliphatic carbocycles. The molecule has 2 N–H and O–H groups in total. The van der Waals surface area contributed by atoms with Crippen LogP contribution in [0.15, 0.2) is 197 Å². The second kappa shape index (κ2) is 12.6. The van der Waals surface area contributed by atoms with E-state index >= 15 is 0 Å². The zero-order chi connectivity index (χ0) is 37.5. The summed E-state index contributed by atoms with van der Waals surface area (Å²) in [6.45, 7) is 0. The van der Waals surface area contributed by atoms with Gasteiger partial charge < -0.3 is 18.9 Å². The summed E-state index contributed by atoms with van der Waals surface area (Å²) in [7, 11) is 0. The molecule has 0 spiro atoms. The van der Waals surface area contributed by atoms with E-state index in [4.69, 9.17) is 9.41 Å². The minimum atomic E-state index is -0.420. The second-order valence-electron chi connectivity index (χ2n) is 14.8. The van der Waals surface area contributed by atoms with Gasteiger partial charge in [0.1, 0.15) is 18.2 Å². The fourth-order valence-electron chi connectivity index (χ4n) is 9.10. The van der Waals surface area contributed by atoms with Crippen LogP contribution >= 0.6 is 0 Å². The minimum Gasteiger partial charge on any atom is -0.452 e. The molecule has 8 aromatic carbocycles. The summed E-state index contributed by atoms with van der Waals surface area (Å²) in [4.78, 5) is 5.45. The van der Waals surface area contributed by atoms with Crippen LogP contribution in [0.1, 0.15) is 29.0 Å². The van der Waals surface area contributed by atoms with Crippen LogP contribution in [-0.4, -0.2) is 15.0 Å². The maximum atomic E-state index is 7.38. The lowest BCUT2D eigenvalue weighted by Crippen LogP contribution is -2.45. The molecule has 0 bridgehead atoms. The van der Waals surface area contributed by atoms with Crippen LogP contribution in [0.5, 0.6) is 0 Å². The lowest BCUT2D eigenvalue weighted by molar-refractivity contribution is 0.408. The molecular weight excluding hydrogens is 699 g/mol. The highest BCUT2D eigenvalue weighted by Gasteiger charge is 2.31. The second-order valence-corrected chi connectivity index (χ2v) is 14.8. The Bertz CT molecular complexity index is 3270. The van der Waals surface area contributed by atoms with Crippen LogP contribution in [0.25, 0.3) is 76.9 Å². The third kappa shape index (κ3) is 4.84. The van der Waals surface area contributed by atoms with Crippen molar-refractivity contribution in [2.75, 3.05) is 0 Å². The Kier molecular flexibility index (Phi) is 7.03. The number of aromatic nitrogens is 2. The maximum Gasteiger partial charge on any atom is 0.159 e. The van der Waals surface area contributed by atoms with Crippen molar-refractivity contribution in [2.24, 2.45) is 4.99 Å². The number of hydrogen-bond donors (Lipinski definition) is 2. The topological polar surface area (TPSA) is 59.4 Å². The van der Waals surface area contributed by atoms with Gasteiger partial charge in [0.15, 0.2) is 11.2 Å². The van der Waals surface area contributed by atoms with Crippen molar-refractivity contribution in [3.8, 4) is 11.4 Å². The van der Waals surface area contributed by atoms with Crippen molar-refractivity contribution in [1.29, 1.82) is 0 Å². The predicted octanol–water partition coefficient (Wildman–Crippen LogP) is 12.1. The minimum absolute atomic E-state index is 0.191. The lowest BCUT2D eigenvalue weighted by atomic mass is 10.0. The van der Waals surface area contributed by atoms with Gasteiger partial charge in [0, 0.05) is 43.4 Å². The summed E-state index contributed by atoms with van der Waals surface area (Å²) >= 11 is 0. The average Bonchev–Trinajstić information content (AvgIpc) is 3.95. The van der Waals surface area contributed by atoms with Gasteiger partial charge in [-0.2, -0.15) is 0 Å². The lowest BCUT2D eigenvalue weighted by Gasteiger charge is -2.33. The number of fused-ring (bicyclic) bond motifs is 9. The highest BCUT2D eigenvalue weighted by atomic mass is 16.3. The first kappa shape index (κ1) is 31.9. The quantitative estimate of drug-likeness (QED) is 0.185. The Hall–Kier alpha value is -7.41. The van der Waals surface area contributed by atoms with Crippen LogP contribution in [0, 0.1) is 0 Å². The van der Waals surface area contributed by atoms with Crippen LogP contribution in [-0.2, 0) is 0 Å². The van der Waals surface area contributed by atoms with Crippen molar-refractivity contribution in [2.45, 2.75) is 12.3 Å². The Labute approximate surface area is 327 Å². The fourth-order valence-corrected chi connectivity index (χ4v) is 9.10. The molecule has 3 aromatic heterocycles. The molecule has 0 fully saturated rings. The summed E-state index contributed by atoms with van der Waals surface area (Å²) < 4.78 is 12.1. The summed E-state index contributed by atoms with van der Waals surface area (Å²) in [5.74, 6) is 0.833. The van der Waals surface area contributed by atoms with Gasteiger partial charge >= 0.3 is 0 Å². The highest BCUT2D eigenvalue weighted by Crippen LogP contribution is 2.44. The summed E-state index contributed by atoms with van der Waals surface area (Å²) in [6, 6.07) is 66.5. The van der Waals surface area contributed by atoms with Crippen LogP contribution in [0.2, 0.25) is 0 Å². The van der Waals surface area contributed by atoms with E-state index in [0.717, 1.165) is 77.9 Å². The first-order valence-electron chi connectivity index (χ1n) is 19.5. The Morgan fingerprint density at radius 1 is 0.439 bits per heavy atom. The zero-order valence-electron chi connectivity index (χ0n) is 30.8. The van der Waals surface area contributed by atoms with Crippen molar-refractivity contribution in [3.63, 3.8) is 0 Å². The summed E-state index contributed by atoms with van der Waals surface area (Å²) in [6.07, 6.45) is -0.612. The number of benzene rings is 8. The summed E-state index contributed by atoms with van der Waals surface area (Å²) in [5.41, 5.74) is 11.3. The van der Waals surface area contributed by atoms with Gasteiger partial charge in [-0.15, -0.1) is 0 Å². The molecule has 0 amide bonds. The van der Waals surface area contributed by atoms with Gasteiger partial charge in [0.05, 0.1) is 33.4 Å². The smallest absolute Gasteiger partial charge is 0.159 e. The van der Waals surface area contributed by atoms with Gasteiger partial charge in [-0.25, -0.2) is 4.99 Å². The number of hydrogen-bond acceptors (Lipinski definition) is 4. The van der Waals surface area contributed by atoms with Crippen LogP contribution in [0.4, 0.5) is 0 Å². The Balaban J connectivity index is 1.18. The zero-order valence-corrected chi connectivity index (χ0v) is 30.8. The molecule has 270 valence electrons. The number of furan rings is 1. The van der Waals surface area contributed by atoms with E-state index in [1.54, 1.807) is 0 Å². The Morgan fingerprint density at radius 3 is 1.56 bits per heavy atom. The number of aliphatic imine (C=N–C) groups is 1. The normalized spacial score (nSPS) is 15.9. The number of rotatable bonds is 5. The van der Waals surface area contributed by atoms with E-state index < -0.39 is 6.17 Å². The molecule has 2 unspecified atom stereocenters. The van der Waals surface area contributed by atoms with E-state index in [1.807, 2.05) is 6.07 Å². The number of amidine groups is 1. The van der Waals surface area contributed by atoms with Crippen molar-refractivity contribution < 1.29 is 4.42 Å². The molecular formula is C51H35N5O. The average molecular weight is 734 g/mol. The molecule has 0 radical (unpaired) electrons. The first-order valence-corrected chi connectivity index (χ1v) is 19.5. The standard InChI is InChI=1S/C51H35N5O/c1-3-16-32(17-4-1)49-52-50(33-18-5-2-6-19-33)54-51(53-49)40-31-30-39-38-24-15-29-45(55-41-25-11-7-20-34(41)35-21-8-12-26-42(35)55)47(38)57-48(39)46(40)56-43-27-13-9-22-36(43)37-23-10-14-28-44(37)56/h1-31,49,51,53H,(H,52,54). The van der Waals surface area contributed by atoms with E-state index in [1.165, 1.54) is 21.5 Å². The molecule has 2 atom stereocenters. The number of nitrogens with zero attached hydrogens (tertiary/aromatic N) is 3. The van der Waals surface area contributed by atoms with E-state index in [9.17, 15) is 0 Å². The third-order valence-corrected chi connectivity index (χ3v) is 11.6. The van der Waals surface area contributed by atoms with Gasteiger partial charge in [0.25, 0.3) is 0 Å². The van der Waals surface area contributed by atoms with Crippen molar-refractivity contribution in [1.82, 2.24) is 19.8 Å². The van der Waals surface area contributed by atoms with Crippen molar-refractivity contribution in [3.05, 3.63) is 205 Å². The number of nitrogens with one attached hydrogen (secondary N) is 2. The van der Waals surface area contributed by atoms with E-state index in [2.05, 4.69) is 202 Å². The molecule has 4 heterocycles. The van der Waals surface area contributed by atoms with Gasteiger partial charge in [-0.3, -0.25) is 5.32 Å².